The Morgan fingerprint density at radius 1 is 1.56 bits per heavy atom. The van der Waals surface area contributed by atoms with E-state index in [0.29, 0.717) is 6.61 Å². The predicted molar refractivity (Wildman–Crippen MR) is 52.0 cm³/mol. The summed E-state index contributed by atoms with van der Waals surface area (Å²) in [6.07, 6.45) is -3.23. The van der Waals surface area contributed by atoms with Crippen LogP contribution in [0.15, 0.2) is 0 Å². The molecule has 3 nitrogen and oxygen atoms in total. The fraction of sp³-hybridized carbons (Fsp3) is 0.889. The molecule has 0 spiro atoms. The van der Waals surface area contributed by atoms with E-state index in [9.17, 15) is 17.4 Å². The molecule has 92 valence electrons. The second kappa shape index (κ2) is 5.64. The SMILES string of the molecule is N#CC(CS(=O)CC1CCCO1)C(F)(F)F. The van der Waals surface area contributed by atoms with Crippen molar-refractivity contribution >= 4 is 10.8 Å². The lowest BCUT2D eigenvalue weighted by atomic mass is 10.2. The zero-order valence-corrected chi connectivity index (χ0v) is 9.31. The molecule has 1 fully saturated rings. The highest BCUT2D eigenvalue weighted by Gasteiger charge is 2.41. The Morgan fingerprint density at radius 2 is 2.25 bits per heavy atom. The maximum absolute atomic E-state index is 12.2. The molecular formula is C9H12F3NO2S. The van der Waals surface area contributed by atoms with Gasteiger partial charge in [-0.2, -0.15) is 18.4 Å². The summed E-state index contributed by atoms with van der Waals surface area (Å²) < 4.78 is 53.2. The average molecular weight is 255 g/mol. The molecule has 7 heteroatoms. The molecule has 0 radical (unpaired) electrons. The van der Waals surface area contributed by atoms with Crippen molar-refractivity contribution in [2.75, 3.05) is 18.1 Å². The van der Waals surface area contributed by atoms with Crippen molar-refractivity contribution in [3.63, 3.8) is 0 Å². The molecule has 0 amide bonds. The minimum absolute atomic E-state index is 0.0915. The van der Waals surface area contributed by atoms with Gasteiger partial charge in [-0.15, -0.1) is 0 Å². The summed E-state index contributed by atoms with van der Waals surface area (Å²) in [5.74, 6) is -2.71. The molecule has 1 rings (SSSR count). The van der Waals surface area contributed by atoms with Gasteiger partial charge in [0.1, 0.15) is 0 Å². The number of nitriles is 1. The molecule has 0 N–H and O–H groups in total. The van der Waals surface area contributed by atoms with Crippen LogP contribution in [0.5, 0.6) is 0 Å². The first kappa shape index (κ1) is 13.5. The summed E-state index contributed by atoms with van der Waals surface area (Å²) in [5.41, 5.74) is 0. The van der Waals surface area contributed by atoms with Crippen LogP contribution in [0, 0.1) is 17.2 Å². The lowest BCUT2D eigenvalue weighted by Crippen LogP contribution is -2.29. The van der Waals surface area contributed by atoms with Gasteiger partial charge >= 0.3 is 6.18 Å². The molecule has 1 heterocycles. The second-order valence-corrected chi connectivity index (χ2v) is 5.18. The van der Waals surface area contributed by atoms with Crippen molar-refractivity contribution in [2.45, 2.75) is 25.1 Å². The summed E-state index contributed by atoms with van der Waals surface area (Å²) in [6.45, 7) is 0.572. The van der Waals surface area contributed by atoms with Crippen LogP contribution in [0.1, 0.15) is 12.8 Å². The highest BCUT2D eigenvalue weighted by molar-refractivity contribution is 7.85. The highest BCUT2D eigenvalue weighted by Crippen LogP contribution is 2.26. The molecular weight excluding hydrogens is 243 g/mol. The molecule has 0 aromatic heterocycles. The van der Waals surface area contributed by atoms with Gasteiger partial charge in [-0.25, -0.2) is 0 Å². The zero-order valence-electron chi connectivity index (χ0n) is 8.50. The van der Waals surface area contributed by atoms with Crippen molar-refractivity contribution in [3.8, 4) is 6.07 Å². The summed E-state index contributed by atoms with van der Waals surface area (Å²) in [7, 11) is -1.65. The summed E-state index contributed by atoms with van der Waals surface area (Å²) in [5, 5.41) is 8.34. The van der Waals surface area contributed by atoms with E-state index in [0.717, 1.165) is 18.9 Å². The maximum Gasteiger partial charge on any atom is 0.405 e. The van der Waals surface area contributed by atoms with Crippen molar-refractivity contribution in [1.82, 2.24) is 0 Å². The van der Waals surface area contributed by atoms with Crippen molar-refractivity contribution in [3.05, 3.63) is 0 Å². The van der Waals surface area contributed by atoms with E-state index in [1.807, 2.05) is 0 Å². The van der Waals surface area contributed by atoms with Crippen molar-refractivity contribution in [1.29, 1.82) is 5.26 Å². The summed E-state index contributed by atoms with van der Waals surface area (Å²) >= 11 is 0. The number of rotatable bonds is 4. The first-order chi connectivity index (χ1) is 7.43. The van der Waals surface area contributed by atoms with Crippen LogP contribution in [-0.4, -0.2) is 34.6 Å². The number of hydrogen-bond donors (Lipinski definition) is 0. The van der Waals surface area contributed by atoms with Crippen LogP contribution in [0.2, 0.25) is 0 Å². The molecule has 3 atom stereocenters. The minimum Gasteiger partial charge on any atom is -0.377 e. The van der Waals surface area contributed by atoms with Crippen molar-refractivity contribution < 1.29 is 22.1 Å². The maximum atomic E-state index is 12.2. The van der Waals surface area contributed by atoms with Crippen LogP contribution in [-0.2, 0) is 15.5 Å². The zero-order chi connectivity index (χ0) is 12.2. The third-order valence-electron chi connectivity index (χ3n) is 2.30. The molecule has 0 saturated carbocycles. The van der Waals surface area contributed by atoms with Gasteiger partial charge in [0.25, 0.3) is 0 Å². The fourth-order valence-corrected chi connectivity index (χ4v) is 2.89. The van der Waals surface area contributed by atoms with E-state index >= 15 is 0 Å². The van der Waals surface area contributed by atoms with Crippen molar-refractivity contribution in [2.24, 2.45) is 5.92 Å². The molecule has 0 bridgehead atoms. The standard InChI is InChI=1S/C9H12F3NO2S/c10-9(11,12)7(4-13)5-16(14)6-8-2-1-3-15-8/h7-8H,1-3,5-6H2. The van der Waals surface area contributed by atoms with Gasteiger partial charge in [-0.1, -0.05) is 0 Å². The number of nitrogens with zero attached hydrogens (tertiary/aromatic N) is 1. The van der Waals surface area contributed by atoms with E-state index in [-0.39, 0.29) is 11.9 Å². The first-order valence-electron chi connectivity index (χ1n) is 4.86. The van der Waals surface area contributed by atoms with E-state index in [1.165, 1.54) is 0 Å². The topological polar surface area (TPSA) is 50.1 Å². The third-order valence-corrected chi connectivity index (χ3v) is 3.75. The summed E-state index contributed by atoms with van der Waals surface area (Å²) in [4.78, 5) is 0. The Balaban J connectivity index is 2.40. The highest BCUT2D eigenvalue weighted by atomic mass is 32.2. The second-order valence-electron chi connectivity index (χ2n) is 3.63. The third kappa shape index (κ3) is 4.10. The Kier molecular flexibility index (Phi) is 4.74. The number of ether oxygens (including phenoxy) is 1. The largest absolute Gasteiger partial charge is 0.405 e. The fourth-order valence-electron chi connectivity index (χ4n) is 1.44. The first-order valence-corrected chi connectivity index (χ1v) is 6.35. The number of alkyl halides is 3. The van der Waals surface area contributed by atoms with Gasteiger partial charge in [0.2, 0.25) is 0 Å². The number of hydrogen-bond acceptors (Lipinski definition) is 3. The van der Waals surface area contributed by atoms with Gasteiger partial charge in [0.15, 0.2) is 5.92 Å². The molecule has 0 aromatic carbocycles. The average Bonchev–Trinajstić information content (AvgIpc) is 2.64. The van der Waals surface area contributed by atoms with E-state index in [4.69, 9.17) is 10.00 Å². The predicted octanol–water partition coefficient (Wildman–Crippen LogP) is 1.62. The van der Waals surface area contributed by atoms with Gasteiger partial charge in [0.05, 0.1) is 12.2 Å². The van der Waals surface area contributed by atoms with Gasteiger partial charge in [-0.3, -0.25) is 4.21 Å². The normalized spacial score (nSPS) is 25.0. The Labute approximate surface area is 94.0 Å². The molecule has 1 aliphatic heterocycles. The van der Waals surface area contributed by atoms with Crippen LogP contribution in [0.3, 0.4) is 0 Å². The van der Waals surface area contributed by atoms with Crippen LogP contribution >= 0.6 is 0 Å². The minimum atomic E-state index is -4.60. The molecule has 0 aromatic rings. The molecule has 0 aliphatic carbocycles. The quantitative estimate of drug-likeness (QED) is 0.767. The molecule has 3 unspecified atom stereocenters. The van der Waals surface area contributed by atoms with Gasteiger partial charge < -0.3 is 4.74 Å². The van der Waals surface area contributed by atoms with Crippen LogP contribution in [0.25, 0.3) is 0 Å². The van der Waals surface area contributed by atoms with Gasteiger partial charge in [-0.05, 0) is 12.8 Å². The summed E-state index contributed by atoms with van der Waals surface area (Å²) in [6, 6.07) is 1.14. The number of halogens is 3. The molecule has 1 saturated heterocycles. The lowest BCUT2D eigenvalue weighted by Gasteiger charge is -2.14. The monoisotopic (exact) mass is 255 g/mol. The Hall–Kier alpha value is -0.610. The van der Waals surface area contributed by atoms with E-state index < -0.39 is 28.6 Å². The van der Waals surface area contributed by atoms with E-state index in [2.05, 4.69) is 0 Å². The van der Waals surface area contributed by atoms with E-state index in [1.54, 1.807) is 0 Å². The smallest absolute Gasteiger partial charge is 0.377 e. The van der Waals surface area contributed by atoms with Crippen LogP contribution < -0.4 is 0 Å². The molecule has 1 aliphatic rings. The Morgan fingerprint density at radius 3 is 2.69 bits per heavy atom. The van der Waals surface area contributed by atoms with Gasteiger partial charge in [0, 0.05) is 28.9 Å². The molecule has 16 heavy (non-hydrogen) atoms. The van der Waals surface area contributed by atoms with Crippen LogP contribution in [0.4, 0.5) is 13.2 Å². The lowest BCUT2D eigenvalue weighted by molar-refractivity contribution is -0.153. The Bertz CT molecular complexity index is 294.